The molecule has 1 heterocycles. The van der Waals surface area contributed by atoms with Gasteiger partial charge in [-0.3, -0.25) is 0 Å². The quantitative estimate of drug-likeness (QED) is 0.840. The van der Waals surface area contributed by atoms with E-state index in [2.05, 4.69) is 48.3 Å². The first-order valence-electron chi connectivity index (χ1n) is 6.87. The van der Waals surface area contributed by atoms with Crippen LogP contribution in [0.1, 0.15) is 32.3 Å². The highest BCUT2D eigenvalue weighted by Crippen LogP contribution is 2.26. The summed E-state index contributed by atoms with van der Waals surface area (Å²) in [5.74, 6) is 0. The number of para-hydroxylation sites is 1. The highest BCUT2D eigenvalue weighted by Gasteiger charge is 2.17. The van der Waals surface area contributed by atoms with E-state index in [1.165, 1.54) is 37.1 Å². The van der Waals surface area contributed by atoms with E-state index < -0.39 is 0 Å². The molecule has 1 aliphatic heterocycles. The number of nitrogens with one attached hydrogen (secondary N) is 1. The molecule has 0 saturated carbocycles. The molecule has 1 aromatic rings. The summed E-state index contributed by atoms with van der Waals surface area (Å²) in [7, 11) is 0. The second kappa shape index (κ2) is 6.06. The van der Waals surface area contributed by atoms with Crippen LogP contribution in [-0.4, -0.2) is 25.7 Å². The van der Waals surface area contributed by atoms with Crippen LogP contribution < -0.4 is 10.2 Å². The Morgan fingerprint density at radius 1 is 1.35 bits per heavy atom. The lowest BCUT2D eigenvalue weighted by molar-refractivity contribution is 0.524. The molecule has 1 aromatic carbocycles. The lowest BCUT2D eigenvalue weighted by Gasteiger charge is -2.33. The molecule has 0 bridgehead atoms. The first kappa shape index (κ1) is 12.4. The van der Waals surface area contributed by atoms with E-state index in [1.54, 1.807) is 0 Å². The molecule has 0 amide bonds. The van der Waals surface area contributed by atoms with Crippen molar-refractivity contribution in [2.24, 2.45) is 0 Å². The van der Waals surface area contributed by atoms with Gasteiger partial charge in [0.1, 0.15) is 0 Å². The molecule has 0 aromatic heterocycles. The van der Waals surface area contributed by atoms with Crippen LogP contribution in [0, 0.1) is 0 Å². The Kier molecular flexibility index (Phi) is 4.43. The fraction of sp³-hybridized carbons (Fsp3) is 0.600. The fourth-order valence-corrected chi connectivity index (χ4v) is 2.59. The van der Waals surface area contributed by atoms with Crippen LogP contribution in [0.2, 0.25) is 0 Å². The molecule has 2 nitrogen and oxygen atoms in total. The van der Waals surface area contributed by atoms with Gasteiger partial charge in [-0.15, -0.1) is 0 Å². The van der Waals surface area contributed by atoms with Gasteiger partial charge in [-0.25, -0.2) is 0 Å². The number of anilines is 1. The minimum atomic E-state index is 0.570. The van der Waals surface area contributed by atoms with Gasteiger partial charge in [0.05, 0.1) is 0 Å². The zero-order chi connectivity index (χ0) is 12.1. The number of benzene rings is 1. The van der Waals surface area contributed by atoms with Crippen molar-refractivity contribution in [1.29, 1.82) is 0 Å². The summed E-state index contributed by atoms with van der Waals surface area (Å²) in [4.78, 5) is 2.53. The monoisotopic (exact) mass is 232 g/mol. The molecule has 1 unspecified atom stereocenters. The van der Waals surface area contributed by atoms with Crippen molar-refractivity contribution in [1.82, 2.24) is 5.32 Å². The van der Waals surface area contributed by atoms with E-state index >= 15 is 0 Å². The lowest BCUT2D eigenvalue weighted by Crippen LogP contribution is -2.41. The summed E-state index contributed by atoms with van der Waals surface area (Å²) in [6.07, 6.45) is 3.74. The van der Waals surface area contributed by atoms with Gasteiger partial charge in [0.2, 0.25) is 0 Å². The van der Waals surface area contributed by atoms with Gasteiger partial charge >= 0.3 is 0 Å². The summed E-state index contributed by atoms with van der Waals surface area (Å²) < 4.78 is 0. The molecule has 1 N–H and O–H groups in total. The summed E-state index contributed by atoms with van der Waals surface area (Å²) in [6, 6.07) is 9.41. The van der Waals surface area contributed by atoms with Gasteiger partial charge in [0.25, 0.3) is 0 Å². The molecule has 2 heteroatoms. The third kappa shape index (κ3) is 3.22. The fourth-order valence-electron chi connectivity index (χ4n) is 2.59. The molecule has 0 fully saturated rings. The highest BCUT2D eigenvalue weighted by atomic mass is 15.2. The van der Waals surface area contributed by atoms with Crippen LogP contribution in [0.15, 0.2) is 24.3 Å². The Balaban J connectivity index is 1.98. The van der Waals surface area contributed by atoms with E-state index in [1.807, 2.05) is 0 Å². The van der Waals surface area contributed by atoms with Crippen LogP contribution >= 0.6 is 0 Å². The standard InChI is InChI=1S/C15H24N2/c1-3-10-16-13(2)12-17-11-6-8-14-7-4-5-9-15(14)17/h4-5,7,9,13,16H,3,6,8,10-12H2,1-2H3. The van der Waals surface area contributed by atoms with Gasteiger partial charge in [-0.1, -0.05) is 25.1 Å². The van der Waals surface area contributed by atoms with Gasteiger partial charge < -0.3 is 10.2 Å². The minimum Gasteiger partial charge on any atom is -0.370 e. The summed E-state index contributed by atoms with van der Waals surface area (Å²) in [5, 5.41) is 3.57. The van der Waals surface area contributed by atoms with Crippen LogP contribution in [0.5, 0.6) is 0 Å². The van der Waals surface area contributed by atoms with Gasteiger partial charge in [-0.2, -0.15) is 0 Å². The first-order chi connectivity index (χ1) is 8.31. The molecule has 0 spiro atoms. The van der Waals surface area contributed by atoms with E-state index in [9.17, 15) is 0 Å². The van der Waals surface area contributed by atoms with E-state index in [0.717, 1.165) is 13.1 Å². The summed E-state index contributed by atoms with van der Waals surface area (Å²) >= 11 is 0. The number of hydrogen-bond acceptors (Lipinski definition) is 2. The maximum absolute atomic E-state index is 3.57. The maximum Gasteiger partial charge on any atom is 0.0399 e. The van der Waals surface area contributed by atoms with Crippen molar-refractivity contribution < 1.29 is 0 Å². The van der Waals surface area contributed by atoms with Crippen LogP contribution in [0.4, 0.5) is 5.69 Å². The molecule has 2 rings (SSSR count). The van der Waals surface area contributed by atoms with E-state index in [-0.39, 0.29) is 0 Å². The van der Waals surface area contributed by atoms with Crippen LogP contribution in [0.3, 0.4) is 0 Å². The van der Waals surface area contributed by atoms with Crippen molar-refractivity contribution in [2.45, 2.75) is 39.2 Å². The number of nitrogens with zero attached hydrogens (tertiary/aromatic N) is 1. The largest absolute Gasteiger partial charge is 0.370 e. The molecule has 17 heavy (non-hydrogen) atoms. The first-order valence-corrected chi connectivity index (χ1v) is 6.87. The van der Waals surface area contributed by atoms with Crippen molar-refractivity contribution in [2.75, 3.05) is 24.5 Å². The number of fused-ring (bicyclic) bond motifs is 1. The topological polar surface area (TPSA) is 15.3 Å². The zero-order valence-electron chi connectivity index (χ0n) is 11.1. The summed E-state index contributed by atoms with van der Waals surface area (Å²) in [5.41, 5.74) is 2.96. The number of aryl methyl sites for hydroxylation is 1. The average Bonchev–Trinajstić information content (AvgIpc) is 2.37. The van der Waals surface area contributed by atoms with Crippen molar-refractivity contribution in [3.05, 3.63) is 29.8 Å². The lowest BCUT2D eigenvalue weighted by atomic mass is 10.0. The maximum atomic E-state index is 3.57. The van der Waals surface area contributed by atoms with Crippen molar-refractivity contribution in [3.8, 4) is 0 Å². The average molecular weight is 232 g/mol. The van der Waals surface area contributed by atoms with Crippen LogP contribution in [0.25, 0.3) is 0 Å². The Bertz CT molecular complexity index is 349. The molecule has 1 aliphatic rings. The van der Waals surface area contributed by atoms with Gasteiger partial charge in [0, 0.05) is 24.8 Å². The number of hydrogen-bond donors (Lipinski definition) is 1. The molecule has 0 aliphatic carbocycles. The minimum absolute atomic E-state index is 0.570. The Hall–Kier alpha value is -1.02. The molecule has 0 saturated heterocycles. The normalized spacial score (nSPS) is 16.7. The van der Waals surface area contributed by atoms with Crippen molar-refractivity contribution in [3.63, 3.8) is 0 Å². The SMILES string of the molecule is CCCNC(C)CN1CCCc2ccccc21. The predicted molar refractivity (Wildman–Crippen MR) is 74.7 cm³/mol. The van der Waals surface area contributed by atoms with Gasteiger partial charge in [0.15, 0.2) is 0 Å². The second-order valence-corrected chi connectivity index (χ2v) is 5.03. The molecular formula is C15H24N2. The molecule has 0 radical (unpaired) electrons. The molecule has 94 valence electrons. The summed E-state index contributed by atoms with van der Waals surface area (Å²) in [6.45, 7) is 7.95. The molecular weight excluding hydrogens is 208 g/mol. The van der Waals surface area contributed by atoms with Crippen molar-refractivity contribution >= 4 is 5.69 Å². The zero-order valence-corrected chi connectivity index (χ0v) is 11.1. The second-order valence-electron chi connectivity index (χ2n) is 5.03. The smallest absolute Gasteiger partial charge is 0.0399 e. The predicted octanol–water partition coefficient (Wildman–Crippen LogP) is 2.83. The van der Waals surface area contributed by atoms with E-state index in [0.29, 0.717) is 6.04 Å². The van der Waals surface area contributed by atoms with Crippen LogP contribution in [-0.2, 0) is 6.42 Å². The Labute approximate surface area is 105 Å². The highest BCUT2D eigenvalue weighted by molar-refractivity contribution is 5.55. The van der Waals surface area contributed by atoms with E-state index in [4.69, 9.17) is 0 Å². The third-order valence-corrected chi connectivity index (χ3v) is 3.44. The number of rotatable bonds is 5. The van der Waals surface area contributed by atoms with Gasteiger partial charge in [-0.05, 0) is 44.4 Å². The molecule has 1 atom stereocenters. The Morgan fingerprint density at radius 3 is 3.00 bits per heavy atom. The third-order valence-electron chi connectivity index (χ3n) is 3.44. The Morgan fingerprint density at radius 2 is 2.18 bits per heavy atom.